The smallest absolute Gasteiger partial charge is 0.462 e. The standard InChI is InChI=1S/C49H84O20P2/c1-3-5-7-8-9-10-11-12-13-14-15-16-17-18-19-20-25-29-41(52)64-34-37-35-65-71(62,63)69-49-47(58)46(57)44(55)38(28-24-21-22-26-30-42(53)66-37)39(51)33-43(54)67-40(32-31-36(50)27-23-6-4-2)45(56)48(49)68-70(59,60)61/h9-10,12-13,15-16,21,24,31-32,36-40,43-51,54-58H,3-8,11,14,17-20,22-23,25-30,33-35H2,1-2H3,(H,62,63)(H2,59,60,61)/b10-9-,13-12-,16-15-,24-21-,32-31?/t36-,37+,38-,39-,40+,43?,44+,45+,46-,47+,48+,49-/m0/s1. The Morgan fingerprint density at radius 2 is 1.48 bits per heavy atom. The molecule has 1 saturated heterocycles. The van der Waals surface area contributed by atoms with Crippen molar-refractivity contribution in [2.24, 2.45) is 5.92 Å². The van der Waals surface area contributed by atoms with Gasteiger partial charge in [0.1, 0.15) is 43.2 Å². The number of phosphoric acid groups is 2. The molecule has 0 radical (unpaired) electrons. The fraction of sp³-hybridized carbons (Fsp3) is 0.755. The Kier molecular flexibility index (Phi) is 33.2. The Hall–Kier alpha value is -2.46. The fourth-order valence-corrected chi connectivity index (χ4v) is 9.37. The Bertz CT molecular complexity index is 1720. The second-order valence-electron chi connectivity index (χ2n) is 18.1. The summed E-state index contributed by atoms with van der Waals surface area (Å²) in [7, 11) is -11.5. The molecule has 0 aliphatic carbocycles. The zero-order valence-electron chi connectivity index (χ0n) is 41.4. The number of hydrogen-bond donors (Lipinski definition) is 10. The molecule has 2 bridgehead atoms. The summed E-state index contributed by atoms with van der Waals surface area (Å²) in [6.07, 6.45) is 6.95. The summed E-state index contributed by atoms with van der Waals surface area (Å²) in [5, 5.41) is 78.9. The zero-order valence-corrected chi connectivity index (χ0v) is 43.2. The molecule has 0 aromatic carbocycles. The molecular weight excluding hydrogens is 970 g/mol. The second kappa shape index (κ2) is 36.5. The largest absolute Gasteiger partial charge is 0.472 e. The fourth-order valence-electron chi connectivity index (χ4n) is 7.84. The lowest BCUT2D eigenvalue weighted by Gasteiger charge is -2.41. The van der Waals surface area contributed by atoms with Crippen LogP contribution in [0.2, 0.25) is 0 Å². The Labute approximate surface area is 419 Å². The molecule has 2 aliphatic rings. The highest BCUT2D eigenvalue weighted by molar-refractivity contribution is 7.47. The number of fused-ring (bicyclic) bond motifs is 4. The molecule has 410 valence electrons. The van der Waals surface area contributed by atoms with E-state index in [4.69, 9.17) is 27.8 Å². The summed E-state index contributed by atoms with van der Waals surface area (Å²) in [5.41, 5.74) is 0. The van der Waals surface area contributed by atoms with Crippen molar-refractivity contribution in [2.45, 2.75) is 216 Å². The number of allylic oxidation sites excluding steroid dienone is 8. The highest BCUT2D eigenvalue weighted by atomic mass is 31.2. The summed E-state index contributed by atoms with van der Waals surface area (Å²) < 4.78 is 57.7. The minimum absolute atomic E-state index is 0.0206. The molecule has 2 aliphatic heterocycles. The highest BCUT2D eigenvalue weighted by Gasteiger charge is 2.50. The molecule has 20 nitrogen and oxygen atoms in total. The van der Waals surface area contributed by atoms with Gasteiger partial charge in [0.2, 0.25) is 0 Å². The van der Waals surface area contributed by atoms with Crippen LogP contribution in [0, 0.1) is 5.92 Å². The van der Waals surface area contributed by atoms with Gasteiger partial charge in [0.05, 0.1) is 24.9 Å². The van der Waals surface area contributed by atoms with E-state index >= 15 is 0 Å². The molecule has 1 fully saturated rings. The lowest BCUT2D eigenvalue weighted by molar-refractivity contribution is -0.210. The predicted octanol–water partition coefficient (Wildman–Crippen LogP) is 5.95. The lowest BCUT2D eigenvalue weighted by atomic mass is 9.83. The maximum Gasteiger partial charge on any atom is 0.472 e. The summed E-state index contributed by atoms with van der Waals surface area (Å²) in [6, 6.07) is 0. The average Bonchev–Trinajstić information content (AvgIpc) is 3.31. The van der Waals surface area contributed by atoms with Crippen molar-refractivity contribution < 1.29 is 96.9 Å². The van der Waals surface area contributed by atoms with E-state index in [-0.39, 0.29) is 38.5 Å². The SMILES string of the molecule is CCCCC/C=C\C/C=C\C/C=C\CCCCCCC(=O)OC[C@@H]1COP(=O)(O)O[C@H]2[C@H](O)[C@@H](O)[C@H](O)[C@@H](C/C=C\CCCC(=O)O1)[C@@H](O)CC(O)O[C@H](C=C[C@@H](O)CCCCC)[C@@H](O)[C@H]2OP(=O)(O)O. The summed E-state index contributed by atoms with van der Waals surface area (Å²) in [5.74, 6) is -2.89. The normalized spacial score (nSPS) is 31.4. The number of aliphatic hydroxyl groups is 7. The van der Waals surface area contributed by atoms with Crippen LogP contribution in [0.1, 0.15) is 149 Å². The van der Waals surface area contributed by atoms with Gasteiger partial charge in [0, 0.05) is 25.2 Å². The number of aliphatic hydroxyl groups excluding tert-OH is 7. The van der Waals surface area contributed by atoms with Crippen LogP contribution in [-0.2, 0) is 46.5 Å². The van der Waals surface area contributed by atoms with E-state index in [2.05, 4.69) is 43.4 Å². The summed E-state index contributed by atoms with van der Waals surface area (Å²) in [4.78, 5) is 56.8. The van der Waals surface area contributed by atoms with E-state index in [9.17, 15) is 69.1 Å². The molecule has 0 spiro atoms. The van der Waals surface area contributed by atoms with Crippen LogP contribution in [0.25, 0.3) is 0 Å². The van der Waals surface area contributed by atoms with Crippen molar-refractivity contribution >= 4 is 27.6 Å². The van der Waals surface area contributed by atoms with Crippen molar-refractivity contribution in [2.75, 3.05) is 13.2 Å². The van der Waals surface area contributed by atoms with Gasteiger partial charge in [-0.05, 0) is 70.6 Å². The van der Waals surface area contributed by atoms with Crippen molar-refractivity contribution in [3.05, 3.63) is 60.8 Å². The lowest BCUT2D eigenvalue weighted by Crippen LogP contribution is -2.58. The maximum atomic E-state index is 13.7. The molecule has 2 heterocycles. The number of ether oxygens (including phenoxy) is 3. The van der Waals surface area contributed by atoms with E-state index < -0.39 is 120 Å². The molecule has 13 atom stereocenters. The molecule has 0 aromatic heterocycles. The third-order valence-corrected chi connectivity index (χ3v) is 13.4. The minimum Gasteiger partial charge on any atom is -0.462 e. The number of unbranched alkanes of at least 4 members (excludes halogenated alkanes) is 9. The number of carbonyl (C=O) groups excluding carboxylic acids is 2. The third-order valence-electron chi connectivity index (χ3n) is 11.9. The highest BCUT2D eigenvalue weighted by Crippen LogP contribution is 2.49. The summed E-state index contributed by atoms with van der Waals surface area (Å²) >= 11 is 0. The molecule has 0 saturated carbocycles. The van der Waals surface area contributed by atoms with Crippen LogP contribution in [-0.4, -0.2) is 143 Å². The van der Waals surface area contributed by atoms with Gasteiger partial charge in [-0.15, -0.1) is 0 Å². The number of cyclic esters (lactones) is 1. The first-order chi connectivity index (χ1) is 33.8. The van der Waals surface area contributed by atoms with Gasteiger partial charge < -0.3 is 64.6 Å². The molecule has 0 aromatic rings. The zero-order chi connectivity index (χ0) is 52.7. The number of phosphoric ester groups is 2. The van der Waals surface area contributed by atoms with E-state index in [0.29, 0.717) is 12.8 Å². The van der Waals surface area contributed by atoms with Gasteiger partial charge in [-0.2, -0.15) is 0 Å². The van der Waals surface area contributed by atoms with Crippen LogP contribution in [0.5, 0.6) is 0 Å². The molecule has 2 rings (SSSR count). The predicted molar refractivity (Wildman–Crippen MR) is 263 cm³/mol. The van der Waals surface area contributed by atoms with Crippen LogP contribution >= 0.6 is 15.6 Å². The number of esters is 2. The van der Waals surface area contributed by atoms with Gasteiger partial charge in [-0.1, -0.05) is 120 Å². The van der Waals surface area contributed by atoms with Gasteiger partial charge in [-0.25, -0.2) is 9.13 Å². The van der Waals surface area contributed by atoms with Gasteiger partial charge >= 0.3 is 27.6 Å². The topological polar surface area (TPSA) is 326 Å². The second-order valence-corrected chi connectivity index (χ2v) is 20.7. The number of carbonyl (C=O) groups is 2. The molecule has 2 unspecified atom stereocenters. The average molecular weight is 1060 g/mol. The Morgan fingerprint density at radius 3 is 2.14 bits per heavy atom. The molecule has 10 N–H and O–H groups in total. The van der Waals surface area contributed by atoms with E-state index in [1.54, 1.807) is 6.08 Å². The van der Waals surface area contributed by atoms with Crippen molar-refractivity contribution in [3.63, 3.8) is 0 Å². The minimum atomic E-state index is -5.80. The van der Waals surface area contributed by atoms with Crippen LogP contribution < -0.4 is 0 Å². The van der Waals surface area contributed by atoms with Crippen LogP contribution in [0.15, 0.2) is 60.8 Å². The first-order valence-electron chi connectivity index (χ1n) is 25.2. The van der Waals surface area contributed by atoms with Crippen LogP contribution in [0.4, 0.5) is 0 Å². The van der Waals surface area contributed by atoms with Crippen LogP contribution in [0.3, 0.4) is 0 Å². The van der Waals surface area contributed by atoms with Gasteiger partial charge in [-0.3, -0.25) is 23.2 Å². The van der Waals surface area contributed by atoms with E-state index in [0.717, 1.165) is 69.9 Å². The first kappa shape index (κ1) is 64.7. The molecule has 71 heavy (non-hydrogen) atoms. The first-order valence-corrected chi connectivity index (χ1v) is 28.3. The Balaban J connectivity index is 2.28. The number of hydrogen-bond acceptors (Lipinski definition) is 17. The number of rotatable bonds is 25. The monoisotopic (exact) mass is 1050 g/mol. The Morgan fingerprint density at radius 1 is 0.845 bits per heavy atom. The quantitative estimate of drug-likeness (QED) is 0.0219. The van der Waals surface area contributed by atoms with E-state index in [1.807, 2.05) is 6.92 Å². The summed E-state index contributed by atoms with van der Waals surface area (Å²) in [6.45, 7) is 2.49. The molecule has 0 amide bonds. The van der Waals surface area contributed by atoms with Crippen molar-refractivity contribution in [3.8, 4) is 0 Å². The van der Waals surface area contributed by atoms with Gasteiger partial charge in [0.15, 0.2) is 12.4 Å². The maximum absolute atomic E-state index is 13.7. The van der Waals surface area contributed by atoms with Crippen molar-refractivity contribution in [1.29, 1.82) is 0 Å². The molecule has 22 heteroatoms. The van der Waals surface area contributed by atoms with Gasteiger partial charge in [0.25, 0.3) is 0 Å². The third kappa shape index (κ3) is 28.7. The van der Waals surface area contributed by atoms with Crippen molar-refractivity contribution in [1.82, 2.24) is 0 Å². The van der Waals surface area contributed by atoms with E-state index in [1.165, 1.54) is 25.3 Å². The molecular formula is C49H84O20P2.